The molecule has 2 aromatic rings. The maximum Gasteiger partial charge on any atom is 0.113 e. The van der Waals surface area contributed by atoms with E-state index >= 15 is 0 Å². The highest BCUT2D eigenvalue weighted by Crippen LogP contribution is 2.10. The smallest absolute Gasteiger partial charge is 0.113 e. The number of hydrogen-bond acceptors (Lipinski definition) is 1. The zero-order valence-electron chi connectivity index (χ0n) is 11.1. The summed E-state index contributed by atoms with van der Waals surface area (Å²) in [4.78, 5) is 0. The second-order valence-electron chi connectivity index (χ2n) is 4.32. The molecule has 0 saturated heterocycles. The molecule has 0 aliphatic rings. The third-order valence-electron chi connectivity index (χ3n) is 2.81. The average molecular weight is 255 g/mol. The molecule has 0 aliphatic carbocycles. The molecule has 0 bridgehead atoms. The van der Waals surface area contributed by atoms with Crippen molar-refractivity contribution >= 4 is 13.3 Å². The van der Waals surface area contributed by atoms with Crippen molar-refractivity contribution in [2.45, 2.75) is 6.04 Å². The van der Waals surface area contributed by atoms with Crippen LogP contribution >= 0.6 is 0 Å². The highest BCUT2D eigenvalue weighted by atomic mass is 14.9. The fourth-order valence-corrected chi connectivity index (χ4v) is 1.78. The van der Waals surface area contributed by atoms with Crippen LogP contribution in [0.3, 0.4) is 0 Å². The van der Waals surface area contributed by atoms with Crippen molar-refractivity contribution in [1.82, 2.24) is 5.32 Å². The van der Waals surface area contributed by atoms with Gasteiger partial charge in [-0.05, 0) is 17.7 Å². The molecule has 1 unspecified atom stereocenters. The summed E-state index contributed by atoms with van der Waals surface area (Å²) in [5.41, 5.74) is 2.77. The Bertz CT molecular complexity index is 642. The fraction of sp³-hybridized carbons (Fsp3) is 0.111. The van der Waals surface area contributed by atoms with Crippen LogP contribution in [-0.2, 0) is 0 Å². The number of hydrogen-bond donors (Lipinski definition) is 1. The van der Waals surface area contributed by atoms with Crippen LogP contribution in [-0.4, -0.2) is 14.4 Å². The van der Waals surface area contributed by atoms with Gasteiger partial charge in [-0.2, -0.15) is 0 Å². The molecular formula is C18H14BN. The Morgan fingerprint density at radius 2 is 1.75 bits per heavy atom. The van der Waals surface area contributed by atoms with Crippen molar-refractivity contribution in [3.63, 3.8) is 0 Å². The van der Waals surface area contributed by atoms with E-state index in [-0.39, 0.29) is 6.04 Å². The molecule has 0 fully saturated rings. The minimum Gasteiger partial charge on any atom is -0.289 e. The molecule has 1 atom stereocenters. The lowest BCUT2D eigenvalue weighted by Crippen LogP contribution is -2.20. The van der Waals surface area contributed by atoms with Gasteiger partial charge in [-0.15, -0.1) is 6.42 Å². The first kappa shape index (κ1) is 14.0. The van der Waals surface area contributed by atoms with Crippen LogP contribution in [0.4, 0.5) is 0 Å². The molecule has 1 nitrogen and oxygen atoms in total. The molecule has 1 N–H and O–H groups in total. The Kier molecular flexibility index (Phi) is 5.07. The summed E-state index contributed by atoms with van der Waals surface area (Å²) in [6, 6.07) is 17.4. The fourth-order valence-electron chi connectivity index (χ4n) is 1.78. The van der Waals surface area contributed by atoms with E-state index in [1.807, 2.05) is 54.6 Å². The first-order chi connectivity index (χ1) is 9.79. The number of rotatable bonds is 3. The van der Waals surface area contributed by atoms with Gasteiger partial charge in [-0.25, -0.2) is 0 Å². The minimum atomic E-state index is -0.105. The molecule has 2 radical (unpaired) electrons. The van der Waals surface area contributed by atoms with E-state index in [9.17, 15) is 0 Å². The molecule has 0 heterocycles. The molecule has 2 aromatic carbocycles. The van der Waals surface area contributed by atoms with Crippen LogP contribution in [0.1, 0.15) is 17.2 Å². The van der Waals surface area contributed by atoms with Crippen molar-refractivity contribution in [3.05, 3.63) is 65.7 Å². The van der Waals surface area contributed by atoms with Gasteiger partial charge in [-0.1, -0.05) is 65.7 Å². The predicted molar refractivity (Wildman–Crippen MR) is 84.7 cm³/mol. The summed E-state index contributed by atoms with van der Waals surface area (Å²) in [7, 11) is 5.70. The van der Waals surface area contributed by atoms with E-state index in [2.05, 4.69) is 23.1 Å². The van der Waals surface area contributed by atoms with Crippen LogP contribution in [0.2, 0.25) is 0 Å². The number of nitrogens with one attached hydrogen (secondary N) is 1. The summed E-state index contributed by atoms with van der Waals surface area (Å²) in [5.74, 6) is 8.94. The van der Waals surface area contributed by atoms with E-state index in [1.54, 1.807) is 0 Å². The zero-order valence-corrected chi connectivity index (χ0v) is 11.1. The molecule has 0 amide bonds. The van der Waals surface area contributed by atoms with Crippen LogP contribution in [0.5, 0.6) is 0 Å². The van der Waals surface area contributed by atoms with Gasteiger partial charge in [0, 0.05) is 5.56 Å². The van der Waals surface area contributed by atoms with E-state index in [1.165, 1.54) is 0 Å². The number of benzene rings is 2. The van der Waals surface area contributed by atoms with Gasteiger partial charge in [0.15, 0.2) is 0 Å². The zero-order chi connectivity index (χ0) is 14.2. The van der Waals surface area contributed by atoms with Crippen LogP contribution < -0.4 is 10.8 Å². The summed E-state index contributed by atoms with van der Waals surface area (Å²) in [6.07, 6.45) is 5.31. The third-order valence-corrected chi connectivity index (χ3v) is 2.81. The van der Waals surface area contributed by atoms with Crippen LogP contribution in [0.25, 0.3) is 0 Å². The Morgan fingerprint density at radius 1 is 1.05 bits per heavy atom. The van der Waals surface area contributed by atoms with Gasteiger partial charge < -0.3 is 0 Å². The van der Waals surface area contributed by atoms with E-state index in [0.717, 1.165) is 16.6 Å². The Labute approximate surface area is 121 Å². The second kappa shape index (κ2) is 7.24. The molecule has 94 valence electrons. The number of terminal acetylenes is 1. The monoisotopic (exact) mass is 255 g/mol. The standard InChI is InChI=1S/C18H14BN/c1-2-14-20-18(16-9-11-17(19)12-10-16)13-8-15-6-4-3-5-7-15/h1,3-7,9-12,18,20H,14H2. The Hall–Kier alpha value is -2.42. The summed E-state index contributed by atoms with van der Waals surface area (Å²) in [5, 5.41) is 3.22. The lowest BCUT2D eigenvalue weighted by molar-refractivity contribution is 0.698. The van der Waals surface area contributed by atoms with Crippen molar-refractivity contribution in [1.29, 1.82) is 0 Å². The summed E-state index contributed by atoms with van der Waals surface area (Å²) in [6.45, 7) is 0.471. The molecule has 0 saturated carbocycles. The first-order valence-electron chi connectivity index (χ1n) is 6.38. The van der Waals surface area contributed by atoms with Gasteiger partial charge in [0.25, 0.3) is 0 Å². The summed E-state index contributed by atoms with van der Waals surface area (Å²) >= 11 is 0. The molecule has 2 rings (SSSR count). The lowest BCUT2D eigenvalue weighted by Gasteiger charge is -2.11. The highest BCUT2D eigenvalue weighted by molar-refractivity contribution is 6.32. The van der Waals surface area contributed by atoms with Gasteiger partial charge in [-0.3, -0.25) is 5.32 Å². The predicted octanol–water partition coefficient (Wildman–Crippen LogP) is 1.80. The average Bonchev–Trinajstić information content (AvgIpc) is 2.50. The van der Waals surface area contributed by atoms with E-state index in [0.29, 0.717) is 6.54 Å². The maximum atomic E-state index is 5.70. The lowest BCUT2D eigenvalue weighted by atomic mass is 9.94. The molecular weight excluding hydrogens is 241 g/mol. The third kappa shape index (κ3) is 4.06. The molecule has 0 spiro atoms. The second-order valence-corrected chi connectivity index (χ2v) is 4.32. The molecule has 0 aromatic heterocycles. The van der Waals surface area contributed by atoms with Gasteiger partial charge in [0.05, 0.1) is 12.6 Å². The highest BCUT2D eigenvalue weighted by Gasteiger charge is 2.06. The van der Waals surface area contributed by atoms with Gasteiger partial charge in [0.2, 0.25) is 0 Å². The van der Waals surface area contributed by atoms with Crippen molar-refractivity contribution in [2.75, 3.05) is 6.54 Å². The van der Waals surface area contributed by atoms with Gasteiger partial charge >= 0.3 is 0 Å². The summed E-state index contributed by atoms with van der Waals surface area (Å²) < 4.78 is 0. The van der Waals surface area contributed by atoms with E-state index in [4.69, 9.17) is 14.3 Å². The van der Waals surface area contributed by atoms with Crippen molar-refractivity contribution < 1.29 is 0 Å². The quantitative estimate of drug-likeness (QED) is 0.651. The minimum absolute atomic E-state index is 0.105. The van der Waals surface area contributed by atoms with Crippen molar-refractivity contribution in [3.8, 4) is 24.2 Å². The van der Waals surface area contributed by atoms with Crippen molar-refractivity contribution in [2.24, 2.45) is 0 Å². The van der Waals surface area contributed by atoms with E-state index < -0.39 is 0 Å². The maximum absolute atomic E-state index is 5.70. The van der Waals surface area contributed by atoms with Crippen LogP contribution in [0.15, 0.2) is 54.6 Å². The molecule has 20 heavy (non-hydrogen) atoms. The Balaban J connectivity index is 2.22. The normalized spacial score (nSPS) is 10.9. The SMILES string of the molecule is [B]c1ccc(C(C#Cc2ccccc2)NCC#C)cc1. The molecule has 0 aliphatic heterocycles. The van der Waals surface area contributed by atoms with Gasteiger partial charge in [0.1, 0.15) is 7.85 Å². The largest absolute Gasteiger partial charge is 0.289 e. The first-order valence-corrected chi connectivity index (χ1v) is 6.38. The van der Waals surface area contributed by atoms with Crippen LogP contribution in [0, 0.1) is 24.2 Å². The molecule has 2 heteroatoms. The topological polar surface area (TPSA) is 12.0 Å². The Morgan fingerprint density at radius 3 is 2.40 bits per heavy atom.